The number of fused-ring (bicyclic) bond motifs is 1. The Morgan fingerprint density at radius 2 is 1.78 bits per heavy atom. The Morgan fingerprint density at radius 1 is 1.00 bits per heavy atom. The summed E-state index contributed by atoms with van der Waals surface area (Å²) in [5.41, 5.74) is 3.74. The monoisotopic (exact) mass is 377 g/mol. The maximum atomic E-state index is 6.43. The van der Waals surface area contributed by atoms with Crippen molar-refractivity contribution in [2.75, 3.05) is 27.7 Å². The Bertz CT molecular complexity index is 943. The van der Waals surface area contributed by atoms with E-state index in [-0.39, 0.29) is 5.92 Å². The molecule has 0 bridgehead atoms. The van der Waals surface area contributed by atoms with Crippen molar-refractivity contribution >= 4 is 17.1 Å². The second-order valence-electron chi connectivity index (χ2n) is 6.92. The SMILES string of the molecule is COc1ccc([C@@H]2C(CN(C)C)=C(c3cccs3)Oc3ccccc32)cc1. The largest absolute Gasteiger partial charge is 0.497 e. The molecule has 0 N–H and O–H groups in total. The Morgan fingerprint density at radius 3 is 2.44 bits per heavy atom. The maximum Gasteiger partial charge on any atom is 0.146 e. The number of hydrogen-bond donors (Lipinski definition) is 0. The average Bonchev–Trinajstić information content (AvgIpc) is 3.22. The standard InChI is InChI=1S/C23H23NO2S/c1-24(2)15-19-22(16-10-12-17(25-3)13-11-16)18-7-4-5-8-20(18)26-23(19)21-9-6-14-27-21/h4-14,22H,15H2,1-3H3/t22-/m0/s1. The number of para-hydroxylation sites is 1. The summed E-state index contributed by atoms with van der Waals surface area (Å²) in [5.74, 6) is 2.94. The third kappa shape index (κ3) is 3.51. The molecule has 1 aliphatic heterocycles. The van der Waals surface area contributed by atoms with E-state index < -0.39 is 0 Å². The molecule has 1 atom stereocenters. The lowest BCUT2D eigenvalue weighted by atomic mass is 9.81. The predicted octanol–water partition coefficient (Wildman–Crippen LogP) is 5.25. The molecule has 0 spiro atoms. The number of nitrogens with zero attached hydrogens (tertiary/aromatic N) is 1. The van der Waals surface area contributed by atoms with E-state index in [2.05, 4.69) is 66.8 Å². The average molecular weight is 378 g/mol. The lowest BCUT2D eigenvalue weighted by Gasteiger charge is -2.32. The van der Waals surface area contributed by atoms with Crippen LogP contribution in [0.5, 0.6) is 11.5 Å². The molecule has 0 saturated carbocycles. The summed E-state index contributed by atoms with van der Waals surface area (Å²) in [6.07, 6.45) is 0. The molecule has 138 valence electrons. The number of thiophene rings is 1. The molecule has 0 unspecified atom stereocenters. The summed E-state index contributed by atoms with van der Waals surface area (Å²) in [6, 6.07) is 20.9. The van der Waals surface area contributed by atoms with Gasteiger partial charge in [-0.15, -0.1) is 11.3 Å². The molecular weight excluding hydrogens is 354 g/mol. The Balaban J connectivity index is 1.91. The second kappa shape index (κ2) is 7.59. The first-order valence-electron chi connectivity index (χ1n) is 8.99. The lowest BCUT2D eigenvalue weighted by Crippen LogP contribution is -2.25. The zero-order valence-electron chi connectivity index (χ0n) is 15.8. The van der Waals surface area contributed by atoms with Gasteiger partial charge in [0.25, 0.3) is 0 Å². The lowest BCUT2D eigenvalue weighted by molar-refractivity contribution is 0.412. The summed E-state index contributed by atoms with van der Waals surface area (Å²) in [7, 11) is 5.90. The molecule has 2 heterocycles. The molecule has 2 aromatic carbocycles. The van der Waals surface area contributed by atoms with Crippen molar-refractivity contribution < 1.29 is 9.47 Å². The molecule has 1 aromatic heterocycles. The van der Waals surface area contributed by atoms with Gasteiger partial charge in [0.1, 0.15) is 17.3 Å². The van der Waals surface area contributed by atoms with Crippen molar-refractivity contribution in [1.82, 2.24) is 4.90 Å². The third-order valence-corrected chi connectivity index (χ3v) is 5.63. The molecule has 0 fully saturated rings. The van der Waals surface area contributed by atoms with Crippen LogP contribution in [0, 0.1) is 0 Å². The summed E-state index contributed by atoms with van der Waals surface area (Å²) < 4.78 is 11.8. The summed E-state index contributed by atoms with van der Waals surface area (Å²) in [6.45, 7) is 0.832. The minimum atomic E-state index is 0.153. The van der Waals surface area contributed by atoms with Crippen LogP contribution < -0.4 is 9.47 Å². The van der Waals surface area contributed by atoms with Gasteiger partial charge in [0.15, 0.2) is 0 Å². The van der Waals surface area contributed by atoms with Gasteiger partial charge in [0, 0.05) is 18.0 Å². The first-order chi connectivity index (χ1) is 13.2. The van der Waals surface area contributed by atoms with Gasteiger partial charge in [-0.25, -0.2) is 0 Å². The molecule has 27 heavy (non-hydrogen) atoms. The molecular formula is C23H23NO2S. The fourth-order valence-corrected chi connectivity index (χ4v) is 4.34. The number of hydrogen-bond acceptors (Lipinski definition) is 4. The van der Waals surface area contributed by atoms with Crippen molar-refractivity contribution in [3.8, 4) is 11.5 Å². The van der Waals surface area contributed by atoms with Gasteiger partial charge in [-0.3, -0.25) is 0 Å². The van der Waals surface area contributed by atoms with Gasteiger partial charge in [-0.2, -0.15) is 0 Å². The fraction of sp³-hybridized carbons (Fsp3) is 0.217. The van der Waals surface area contributed by atoms with Gasteiger partial charge >= 0.3 is 0 Å². The van der Waals surface area contributed by atoms with Crippen LogP contribution in [0.4, 0.5) is 0 Å². The smallest absolute Gasteiger partial charge is 0.146 e. The topological polar surface area (TPSA) is 21.7 Å². The molecule has 0 radical (unpaired) electrons. The molecule has 4 rings (SSSR count). The second-order valence-corrected chi connectivity index (χ2v) is 7.86. The van der Waals surface area contributed by atoms with E-state index in [4.69, 9.17) is 9.47 Å². The highest BCUT2D eigenvalue weighted by molar-refractivity contribution is 7.11. The highest BCUT2D eigenvalue weighted by Gasteiger charge is 2.32. The molecule has 4 heteroatoms. The number of rotatable bonds is 5. The van der Waals surface area contributed by atoms with Crippen molar-refractivity contribution in [1.29, 1.82) is 0 Å². The van der Waals surface area contributed by atoms with Gasteiger partial charge in [0.05, 0.1) is 12.0 Å². The number of ether oxygens (including phenoxy) is 2. The van der Waals surface area contributed by atoms with Crippen LogP contribution in [0.3, 0.4) is 0 Å². The van der Waals surface area contributed by atoms with E-state index in [1.165, 1.54) is 21.6 Å². The van der Waals surface area contributed by atoms with Crippen molar-refractivity contribution in [3.05, 3.63) is 87.6 Å². The van der Waals surface area contributed by atoms with Gasteiger partial charge in [-0.05, 0) is 54.9 Å². The summed E-state index contributed by atoms with van der Waals surface area (Å²) in [5, 5.41) is 2.10. The summed E-state index contributed by atoms with van der Waals surface area (Å²) >= 11 is 1.72. The molecule has 1 aliphatic rings. The van der Waals surface area contributed by atoms with Gasteiger partial charge in [-0.1, -0.05) is 36.4 Å². The number of methoxy groups -OCH3 is 1. The molecule has 3 nitrogen and oxygen atoms in total. The van der Waals surface area contributed by atoms with Gasteiger partial charge < -0.3 is 14.4 Å². The van der Waals surface area contributed by atoms with Crippen LogP contribution in [0.15, 0.2) is 71.6 Å². The molecule has 0 saturated heterocycles. The zero-order valence-corrected chi connectivity index (χ0v) is 16.6. The van der Waals surface area contributed by atoms with Crippen molar-refractivity contribution in [2.45, 2.75) is 5.92 Å². The van der Waals surface area contributed by atoms with Crippen LogP contribution in [0.2, 0.25) is 0 Å². The molecule has 0 amide bonds. The summed E-state index contributed by atoms with van der Waals surface area (Å²) in [4.78, 5) is 3.37. The fourth-order valence-electron chi connectivity index (χ4n) is 3.60. The van der Waals surface area contributed by atoms with Crippen molar-refractivity contribution in [2.24, 2.45) is 0 Å². The van der Waals surface area contributed by atoms with Crippen LogP contribution >= 0.6 is 11.3 Å². The maximum absolute atomic E-state index is 6.43. The Hall–Kier alpha value is -2.56. The highest BCUT2D eigenvalue weighted by atomic mass is 32.1. The van der Waals surface area contributed by atoms with Crippen LogP contribution in [-0.2, 0) is 0 Å². The van der Waals surface area contributed by atoms with Crippen LogP contribution in [0.1, 0.15) is 21.9 Å². The first-order valence-corrected chi connectivity index (χ1v) is 9.87. The minimum Gasteiger partial charge on any atom is -0.497 e. The van der Waals surface area contributed by atoms with E-state index in [9.17, 15) is 0 Å². The minimum absolute atomic E-state index is 0.153. The van der Waals surface area contributed by atoms with Crippen LogP contribution in [-0.4, -0.2) is 32.6 Å². The Labute approximate surface area is 164 Å². The Kier molecular flexibility index (Phi) is 5.01. The number of likely N-dealkylation sites (N-methyl/N-ethyl adjacent to an activating group) is 1. The van der Waals surface area contributed by atoms with Crippen molar-refractivity contribution in [3.63, 3.8) is 0 Å². The number of benzene rings is 2. The third-order valence-electron chi connectivity index (χ3n) is 4.76. The predicted molar refractivity (Wildman–Crippen MR) is 112 cm³/mol. The van der Waals surface area contributed by atoms with Crippen LogP contribution in [0.25, 0.3) is 5.76 Å². The normalized spacial score (nSPS) is 16.2. The zero-order chi connectivity index (χ0) is 18.8. The van der Waals surface area contributed by atoms with E-state index >= 15 is 0 Å². The first kappa shape index (κ1) is 17.8. The van der Waals surface area contributed by atoms with E-state index in [1.54, 1.807) is 18.4 Å². The molecule has 0 aliphatic carbocycles. The van der Waals surface area contributed by atoms with Gasteiger partial charge in [0.2, 0.25) is 0 Å². The van der Waals surface area contributed by atoms with E-state index in [0.29, 0.717) is 0 Å². The van der Waals surface area contributed by atoms with E-state index in [1.807, 2.05) is 18.2 Å². The van der Waals surface area contributed by atoms with E-state index in [0.717, 1.165) is 23.8 Å². The molecule has 3 aromatic rings. The quantitative estimate of drug-likeness (QED) is 0.606. The highest BCUT2D eigenvalue weighted by Crippen LogP contribution is 2.46.